The largest absolute Gasteiger partial charge is 0.433 e. The Morgan fingerprint density at radius 3 is 2.81 bits per heavy atom. The molecule has 0 aromatic carbocycles. The Balaban J connectivity index is 1.59. The second-order valence-corrected chi connectivity index (χ2v) is 8.13. The second kappa shape index (κ2) is 8.58. The molecule has 3 aromatic heterocycles. The van der Waals surface area contributed by atoms with Gasteiger partial charge < -0.3 is 4.90 Å². The van der Waals surface area contributed by atoms with Crippen molar-refractivity contribution in [3.05, 3.63) is 64.0 Å². The fourth-order valence-corrected chi connectivity index (χ4v) is 4.20. The van der Waals surface area contributed by atoms with Crippen LogP contribution in [0.1, 0.15) is 30.3 Å². The van der Waals surface area contributed by atoms with Crippen molar-refractivity contribution in [1.29, 1.82) is 0 Å². The number of aromatic nitrogens is 4. The molecule has 1 atom stereocenters. The van der Waals surface area contributed by atoms with Crippen LogP contribution >= 0.6 is 11.3 Å². The Hall–Kier alpha value is -3.08. The van der Waals surface area contributed by atoms with E-state index in [4.69, 9.17) is 0 Å². The zero-order valence-electron chi connectivity index (χ0n) is 16.2. The molecule has 4 rings (SSSR count). The van der Waals surface area contributed by atoms with E-state index >= 15 is 0 Å². The van der Waals surface area contributed by atoms with Gasteiger partial charge in [0.1, 0.15) is 18.1 Å². The summed E-state index contributed by atoms with van der Waals surface area (Å²) < 4.78 is 41.6. The Morgan fingerprint density at radius 1 is 1.26 bits per heavy atom. The summed E-state index contributed by atoms with van der Waals surface area (Å²) in [5.41, 5.74) is -1.31. The first-order chi connectivity index (χ1) is 14.8. The van der Waals surface area contributed by atoms with Crippen molar-refractivity contribution in [2.24, 2.45) is 0 Å². The van der Waals surface area contributed by atoms with Gasteiger partial charge in [0.25, 0.3) is 0 Å². The Labute approximate surface area is 179 Å². The normalized spacial score (nSPS) is 17.0. The smallest absolute Gasteiger partial charge is 0.340 e. The van der Waals surface area contributed by atoms with E-state index in [1.54, 1.807) is 28.5 Å². The lowest BCUT2D eigenvalue weighted by molar-refractivity contribution is -0.141. The average molecular weight is 449 g/mol. The number of halogens is 3. The quantitative estimate of drug-likeness (QED) is 0.611. The minimum Gasteiger partial charge on any atom is -0.340 e. The van der Waals surface area contributed by atoms with Crippen LogP contribution in [0.4, 0.5) is 13.2 Å². The minimum atomic E-state index is -4.60. The standard InChI is InChI=1S/C20H18F3N5O2S/c21-20(22,23)16-10-14(15-5-2-9-31-15)25-18(26-16)13-4-1-7-27(11-13)17(29)12-28-8-3-6-24-19(28)30/h2-3,5-6,8-10,13H,1,4,7,11-12H2. The highest BCUT2D eigenvalue weighted by Crippen LogP contribution is 2.34. The van der Waals surface area contributed by atoms with Gasteiger partial charge in [0.2, 0.25) is 5.91 Å². The second-order valence-electron chi connectivity index (χ2n) is 7.18. The first kappa shape index (κ1) is 21.2. The maximum atomic E-state index is 13.5. The third-order valence-electron chi connectivity index (χ3n) is 5.04. The van der Waals surface area contributed by atoms with Crippen molar-refractivity contribution in [3.63, 3.8) is 0 Å². The molecule has 162 valence electrons. The molecule has 0 saturated carbocycles. The molecule has 3 aromatic rings. The van der Waals surface area contributed by atoms with Gasteiger partial charge in [0.15, 0.2) is 0 Å². The molecule has 31 heavy (non-hydrogen) atoms. The van der Waals surface area contributed by atoms with Crippen LogP contribution in [0.15, 0.2) is 46.8 Å². The number of hydrogen-bond donors (Lipinski definition) is 0. The molecular weight excluding hydrogens is 431 g/mol. The molecule has 1 unspecified atom stereocenters. The zero-order chi connectivity index (χ0) is 22.0. The number of carbonyl (C=O) groups is 1. The zero-order valence-corrected chi connectivity index (χ0v) is 17.1. The van der Waals surface area contributed by atoms with Gasteiger partial charge in [-0.3, -0.25) is 9.36 Å². The lowest BCUT2D eigenvalue weighted by Crippen LogP contribution is -2.42. The number of thiophene rings is 1. The fraction of sp³-hybridized carbons (Fsp3) is 0.350. The van der Waals surface area contributed by atoms with Crippen molar-refractivity contribution in [3.8, 4) is 10.6 Å². The lowest BCUT2D eigenvalue weighted by Gasteiger charge is -2.32. The van der Waals surface area contributed by atoms with E-state index in [1.807, 2.05) is 0 Å². The van der Waals surface area contributed by atoms with Crippen LogP contribution in [0.25, 0.3) is 10.6 Å². The molecule has 1 aliphatic heterocycles. The number of carbonyl (C=O) groups excluding carboxylic acids is 1. The molecule has 0 radical (unpaired) electrons. The monoisotopic (exact) mass is 449 g/mol. The molecule has 7 nitrogen and oxygen atoms in total. The number of amides is 1. The lowest BCUT2D eigenvalue weighted by atomic mass is 9.96. The maximum absolute atomic E-state index is 13.5. The van der Waals surface area contributed by atoms with E-state index in [0.717, 1.165) is 6.07 Å². The van der Waals surface area contributed by atoms with Crippen LogP contribution in [0.5, 0.6) is 0 Å². The van der Waals surface area contributed by atoms with Crippen molar-refractivity contribution >= 4 is 17.2 Å². The van der Waals surface area contributed by atoms with Gasteiger partial charge in [-0.05, 0) is 36.4 Å². The SMILES string of the molecule is O=C(Cn1cccnc1=O)N1CCCC(c2nc(-c3cccs3)cc(C(F)(F)F)n2)C1. The predicted molar refractivity (Wildman–Crippen MR) is 107 cm³/mol. The molecule has 1 saturated heterocycles. The highest BCUT2D eigenvalue weighted by Gasteiger charge is 2.35. The van der Waals surface area contributed by atoms with E-state index < -0.39 is 23.5 Å². The van der Waals surface area contributed by atoms with Crippen molar-refractivity contribution in [1.82, 2.24) is 24.4 Å². The summed E-state index contributed by atoms with van der Waals surface area (Å²) >= 11 is 1.30. The molecule has 1 amide bonds. The van der Waals surface area contributed by atoms with Crippen LogP contribution in [-0.2, 0) is 17.5 Å². The highest BCUT2D eigenvalue weighted by atomic mass is 32.1. The molecule has 0 spiro atoms. The van der Waals surface area contributed by atoms with Crippen LogP contribution in [-0.4, -0.2) is 43.4 Å². The Bertz CT molecular complexity index is 1130. The van der Waals surface area contributed by atoms with Gasteiger partial charge >= 0.3 is 11.9 Å². The van der Waals surface area contributed by atoms with E-state index in [9.17, 15) is 22.8 Å². The van der Waals surface area contributed by atoms with Gasteiger partial charge in [-0.1, -0.05) is 6.07 Å². The van der Waals surface area contributed by atoms with E-state index in [-0.39, 0.29) is 30.5 Å². The summed E-state index contributed by atoms with van der Waals surface area (Å²) in [7, 11) is 0. The summed E-state index contributed by atoms with van der Waals surface area (Å²) in [4.78, 5) is 38.4. The number of alkyl halides is 3. The number of rotatable bonds is 4. The third kappa shape index (κ3) is 4.82. The molecular formula is C20H18F3N5O2S. The van der Waals surface area contributed by atoms with Gasteiger partial charge in [-0.15, -0.1) is 11.3 Å². The van der Waals surface area contributed by atoms with E-state index in [0.29, 0.717) is 24.3 Å². The molecule has 4 heterocycles. The fourth-order valence-electron chi connectivity index (χ4n) is 3.51. The minimum absolute atomic E-state index is 0.0780. The molecule has 0 aliphatic carbocycles. The van der Waals surface area contributed by atoms with Crippen LogP contribution in [0.2, 0.25) is 0 Å². The Morgan fingerprint density at radius 2 is 2.10 bits per heavy atom. The number of likely N-dealkylation sites (tertiary alicyclic amines) is 1. The maximum Gasteiger partial charge on any atom is 0.433 e. The first-order valence-electron chi connectivity index (χ1n) is 9.60. The van der Waals surface area contributed by atoms with Crippen molar-refractivity contribution in [2.75, 3.05) is 13.1 Å². The highest BCUT2D eigenvalue weighted by molar-refractivity contribution is 7.13. The molecule has 11 heteroatoms. The average Bonchev–Trinajstić information content (AvgIpc) is 3.29. The predicted octanol–water partition coefficient (Wildman–Crippen LogP) is 3.19. The molecule has 0 N–H and O–H groups in total. The summed E-state index contributed by atoms with van der Waals surface area (Å²) in [5, 5.41) is 1.77. The van der Waals surface area contributed by atoms with Gasteiger partial charge in [0, 0.05) is 31.4 Å². The van der Waals surface area contributed by atoms with Crippen molar-refractivity contribution < 1.29 is 18.0 Å². The van der Waals surface area contributed by atoms with Gasteiger partial charge in [-0.25, -0.2) is 19.7 Å². The van der Waals surface area contributed by atoms with Crippen LogP contribution < -0.4 is 5.69 Å². The van der Waals surface area contributed by atoms with E-state index in [1.165, 1.54) is 28.3 Å². The van der Waals surface area contributed by atoms with E-state index in [2.05, 4.69) is 15.0 Å². The van der Waals surface area contributed by atoms with Gasteiger partial charge in [0.05, 0.1) is 10.6 Å². The summed E-state index contributed by atoms with van der Waals surface area (Å²) in [5.74, 6) is -0.649. The molecule has 0 bridgehead atoms. The number of piperidine rings is 1. The first-order valence-corrected chi connectivity index (χ1v) is 10.5. The third-order valence-corrected chi connectivity index (χ3v) is 5.93. The number of nitrogens with zero attached hydrogens (tertiary/aromatic N) is 5. The van der Waals surface area contributed by atoms with Gasteiger partial charge in [-0.2, -0.15) is 13.2 Å². The molecule has 1 aliphatic rings. The molecule has 1 fully saturated rings. The van der Waals surface area contributed by atoms with Crippen LogP contribution in [0.3, 0.4) is 0 Å². The topological polar surface area (TPSA) is 81.0 Å². The van der Waals surface area contributed by atoms with Crippen LogP contribution in [0, 0.1) is 0 Å². The summed E-state index contributed by atoms with van der Waals surface area (Å²) in [6.07, 6.45) is -0.613. The summed E-state index contributed by atoms with van der Waals surface area (Å²) in [6, 6.07) is 5.96. The van der Waals surface area contributed by atoms with Crippen molar-refractivity contribution in [2.45, 2.75) is 31.5 Å². The summed E-state index contributed by atoms with van der Waals surface area (Å²) in [6.45, 7) is 0.476. The number of hydrogen-bond acceptors (Lipinski definition) is 6. The Kier molecular flexibility index (Phi) is 5.86.